The monoisotopic (exact) mass is 335 g/mol. The van der Waals surface area contributed by atoms with Crippen LogP contribution in [0.5, 0.6) is 0 Å². The second-order valence-electron chi connectivity index (χ2n) is 5.02. The lowest BCUT2D eigenvalue weighted by molar-refractivity contribution is 0.612. The van der Waals surface area contributed by atoms with Crippen molar-refractivity contribution in [3.05, 3.63) is 63.9 Å². The molecule has 0 aliphatic heterocycles. The van der Waals surface area contributed by atoms with E-state index < -0.39 is 0 Å². The minimum absolute atomic E-state index is 0.192. The van der Waals surface area contributed by atoms with Crippen LogP contribution >= 0.6 is 15.9 Å². The Kier molecular flexibility index (Phi) is 5.18. The smallest absolute Gasteiger partial charge is 0.129 e. The summed E-state index contributed by atoms with van der Waals surface area (Å²) in [7, 11) is 0. The summed E-state index contributed by atoms with van der Waals surface area (Å²) < 4.78 is 14.5. The summed E-state index contributed by atoms with van der Waals surface area (Å²) >= 11 is 3.26. The molecule has 1 nitrogen and oxygen atoms in total. The molecule has 0 fully saturated rings. The van der Waals surface area contributed by atoms with Gasteiger partial charge in [-0.25, -0.2) is 4.39 Å². The maximum absolute atomic E-state index is 13.7. The fraction of sp³-hybridized carbons (Fsp3) is 0.294. The highest BCUT2D eigenvalue weighted by Crippen LogP contribution is 2.21. The summed E-state index contributed by atoms with van der Waals surface area (Å²) in [5, 5.41) is 3.25. The first-order chi connectivity index (χ1) is 9.60. The van der Waals surface area contributed by atoms with Gasteiger partial charge >= 0.3 is 0 Å². The molecule has 0 aromatic heterocycles. The van der Waals surface area contributed by atoms with Gasteiger partial charge in [0, 0.05) is 22.3 Å². The molecular formula is C17H19BrFN. The van der Waals surface area contributed by atoms with E-state index in [1.54, 1.807) is 6.07 Å². The molecule has 1 N–H and O–H groups in total. The summed E-state index contributed by atoms with van der Waals surface area (Å²) in [5.41, 5.74) is 3.02. The van der Waals surface area contributed by atoms with Gasteiger partial charge in [0.15, 0.2) is 0 Å². The highest BCUT2D eigenvalue weighted by molar-refractivity contribution is 9.10. The summed E-state index contributed by atoms with van der Waals surface area (Å²) in [6.45, 7) is 4.90. The van der Waals surface area contributed by atoms with Crippen molar-refractivity contribution in [1.29, 1.82) is 0 Å². The Labute approximate surface area is 128 Å². The van der Waals surface area contributed by atoms with Crippen molar-refractivity contribution in [3.8, 4) is 0 Å². The van der Waals surface area contributed by atoms with Crippen molar-refractivity contribution in [2.75, 3.05) is 5.32 Å². The van der Waals surface area contributed by atoms with Gasteiger partial charge in [-0.3, -0.25) is 0 Å². The molecule has 0 bridgehead atoms. The van der Waals surface area contributed by atoms with Crippen LogP contribution in [-0.4, -0.2) is 0 Å². The second kappa shape index (κ2) is 6.89. The number of hydrogen-bond donors (Lipinski definition) is 1. The molecule has 1 unspecified atom stereocenters. The van der Waals surface area contributed by atoms with Gasteiger partial charge in [0.1, 0.15) is 5.82 Å². The lowest BCUT2D eigenvalue weighted by atomic mass is 9.99. The molecule has 0 saturated carbocycles. The molecule has 0 saturated heterocycles. The quantitative estimate of drug-likeness (QED) is 0.737. The minimum Gasteiger partial charge on any atom is -0.381 e. The zero-order chi connectivity index (χ0) is 14.5. The maximum atomic E-state index is 13.7. The van der Waals surface area contributed by atoms with Crippen LogP contribution < -0.4 is 5.32 Å². The van der Waals surface area contributed by atoms with Gasteiger partial charge in [0.25, 0.3) is 0 Å². The third kappa shape index (κ3) is 3.83. The first kappa shape index (κ1) is 15.0. The van der Waals surface area contributed by atoms with Crippen LogP contribution in [-0.2, 0) is 6.54 Å². The largest absolute Gasteiger partial charge is 0.381 e. The summed E-state index contributed by atoms with van der Waals surface area (Å²) in [6.07, 6.45) is 1.14. The number of benzene rings is 2. The van der Waals surface area contributed by atoms with Crippen LogP contribution in [0, 0.1) is 5.82 Å². The van der Waals surface area contributed by atoms with Crippen molar-refractivity contribution in [1.82, 2.24) is 0 Å². The number of rotatable bonds is 5. The summed E-state index contributed by atoms with van der Waals surface area (Å²) in [5.74, 6) is 0.385. The number of anilines is 1. The fourth-order valence-corrected chi connectivity index (χ4v) is 2.36. The molecule has 0 heterocycles. The van der Waals surface area contributed by atoms with E-state index in [-0.39, 0.29) is 5.82 Å². The molecule has 0 aliphatic rings. The average Bonchev–Trinajstić information content (AvgIpc) is 2.46. The molecule has 0 aliphatic carbocycles. The zero-order valence-electron chi connectivity index (χ0n) is 11.8. The zero-order valence-corrected chi connectivity index (χ0v) is 13.4. The van der Waals surface area contributed by atoms with Crippen molar-refractivity contribution >= 4 is 21.6 Å². The lowest BCUT2D eigenvalue weighted by Gasteiger charge is -2.11. The Morgan fingerprint density at radius 2 is 1.85 bits per heavy atom. The first-order valence-corrected chi connectivity index (χ1v) is 7.67. The number of halogens is 2. The highest BCUT2D eigenvalue weighted by Gasteiger charge is 2.04. The lowest BCUT2D eigenvalue weighted by Crippen LogP contribution is -2.02. The van der Waals surface area contributed by atoms with Gasteiger partial charge in [-0.05, 0) is 42.2 Å². The van der Waals surface area contributed by atoms with Crippen molar-refractivity contribution in [2.24, 2.45) is 0 Å². The SMILES string of the molecule is CCC(C)c1ccc(NCc2ccc(Br)cc2F)cc1. The Morgan fingerprint density at radius 1 is 1.15 bits per heavy atom. The molecule has 106 valence electrons. The van der Waals surface area contributed by atoms with E-state index >= 15 is 0 Å². The van der Waals surface area contributed by atoms with Crippen LogP contribution in [0.4, 0.5) is 10.1 Å². The molecule has 0 radical (unpaired) electrons. The maximum Gasteiger partial charge on any atom is 0.129 e. The molecule has 2 aromatic rings. The second-order valence-corrected chi connectivity index (χ2v) is 5.94. The van der Waals surface area contributed by atoms with E-state index in [2.05, 4.69) is 59.4 Å². The average molecular weight is 336 g/mol. The Morgan fingerprint density at radius 3 is 2.45 bits per heavy atom. The molecule has 3 heteroatoms. The molecule has 2 rings (SSSR count). The van der Waals surface area contributed by atoms with E-state index in [0.717, 1.165) is 16.6 Å². The van der Waals surface area contributed by atoms with Gasteiger partial charge in [-0.15, -0.1) is 0 Å². The van der Waals surface area contributed by atoms with Crippen LogP contribution in [0.1, 0.15) is 37.3 Å². The Bertz CT molecular complexity index is 566. The van der Waals surface area contributed by atoms with Crippen LogP contribution in [0.2, 0.25) is 0 Å². The molecule has 2 aromatic carbocycles. The Balaban J connectivity index is 2.00. The van der Waals surface area contributed by atoms with Crippen LogP contribution in [0.25, 0.3) is 0 Å². The minimum atomic E-state index is -0.192. The summed E-state index contributed by atoms with van der Waals surface area (Å²) in [6, 6.07) is 13.5. The predicted octanol–water partition coefficient (Wildman–Crippen LogP) is 5.71. The first-order valence-electron chi connectivity index (χ1n) is 6.88. The molecule has 20 heavy (non-hydrogen) atoms. The third-order valence-corrected chi connectivity index (χ3v) is 4.08. The van der Waals surface area contributed by atoms with E-state index in [1.165, 1.54) is 11.6 Å². The molecular weight excluding hydrogens is 317 g/mol. The van der Waals surface area contributed by atoms with Gasteiger partial charge in [-0.1, -0.05) is 48.0 Å². The van der Waals surface area contributed by atoms with Crippen molar-refractivity contribution in [2.45, 2.75) is 32.7 Å². The third-order valence-electron chi connectivity index (χ3n) is 3.59. The normalized spacial score (nSPS) is 12.2. The van der Waals surface area contributed by atoms with Gasteiger partial charge in [0.05, 0.1) is 0 Å². The standard InChI is InChI=1S/C17H19BrFN/c1-3-12(2)13-5-8-16(9-6-13)20-11-14-4-7-15(18)10-17(14)19/h4-10,12,20H,3,11H2,1-2H3. The Hall–Kier alpha value is -1.35. The van der Waals surface area contributed by atoms with Gasteiger partial charge < -0.3 is 5.32 Å². The number of nitrogens with one attached hydrogen (secondary N) is 1. The van der Waals surface area contributed by atoms with E-state index in [9.17, 15) is 4.39 Å². The molecule has 0 amide bonds. The van der Waals surface area contributed by atoms with Crippen molar-refractivity contribution < 1.29 is 4.39 Å². The van der Waals surface area contributed by atoms with Gasteiger partial charge in [0.2, 0.25) is 0 Å². The van der Waals surface area contributed by atoms with Crippen LogP contribution in [0.15, 0.2) is 46.9 Å². The van der Waals surface area contributed by atoms with Crippen molar-refractivity contribution in [3.63, 3.8) is 0 Å². The van der Waals surface area contributed by atoms with E-state index in [1.807, 2.05) is 6.07 Å². The molecule has 0 spiro atoms. The van der Waals surface area contributed by atoms with Crippen LogP contribution in [0.3, 0.4) is 0 Å². The van der Waals surface area contributed by atoms with E-state index in [0.29, 0.717) is 18.0 Å². The molecule has 1 atom stereocenters. The summed E-state index contributed by atoms with van der Waals surface area (Å²) in [4.78, 5) is 0. The number of hydrogen-bond acceptors (Lipinski definition) is 1. The topological polar surface area (TPSA) is 12.0 Å². The predicted molar refractivity (Wildman–Crippen MR) is 86.6 cm³/mol. The highest BCUT2D eigenvalue weighted by atomic mass is 79.9. The fourth-order valence-electron chi connectivity index (χ4n) is 2.03. The van der Waals surface area contributed by atoms with E-state index in [4.69, 9.17) is 0 Å². The van der Waals surface area contributed by atoms with Gasteiger partial charge in [-0.2, -0.15) is 0 Å².